The lowest BCUT2D eigenvalue weighted by Crippen LogP contribution is -2.16. The first-order valence-corrected chi connectivity index (χ1v) is 5.87. The number of hydrogen-bond donors (Lipinski definition) is 1. The zero-order valence-electron chi connectivity index (χ0n) is 11.3. The number of allylic oxidation sites excluding steroid dienone is 1. The van der Waals surface area contributed by atoms with Crippen LogP contribution in [-0.2, 0) is 6.54 Å². The molecule has 0 atom stereocenters. The van der Waals surface area contributed by atoms with Gasteiger partial charge in [-0.05, 0) is 27.7 Å². The van der Waals surface area contributed by atoms with Crippen LogP contribution in [0.1, 0.15) is 30.7 Å². The highest BCUT2D eigenvalue weighted by atomic mass is 16.6. The molecule has 0 saturated heterocycles. The number of nitrogens with one attached hydrogen (secondary N) is 1. The fraction of sp³-hybridized carbons (Fsp3) is 0.462. The zero-order chi connectivity index (χ0) is 13.7. The molecule has 5 heteroatoms. The first-order valence-electron chi connectivity index (χ1n) is 5.87. The number of nitrogens with zero attached hydrogens (tertiary/aromatic N) is 2. The van der Waals surface area contributed by atoms with Gasteiger partial charge in [-0.3, -0.25) is 15.1 Å². The van der Waals surface area contributed by atoms with Crippen molar-refractivity contribution >= 4 is 5.69 Å². The Morgan fingerprint density at radius 1 is 1.50 bits per heavy atom. The molecule has 0 aromatic carbocycles. The molecule has 98 valence electrons. The van der Waals surface area contributed by atoms with Gasteiger partial charge in [0.15, 0.2) is 0 Å². The summed E-state index contributed by atoms with van der Waals surface area (Å²) in [5.74, 6) is 0. The van der Waals surface area contributed by atoms with E-state index < -0.39 is 0 Å². The third-order valence-electron chi connectivity index (χ3n) is 2.71. The second-order valence-electron chi connectivity index (χ2n) is 4.53. The van der Waals surface area contributed by atoms with E-state index in [1.165, 1.54) is 5.57 Å². The molecule has 1 aromatic heterocycles. The van der Waals surface area contributed by atoms with Crippen molar-refractivity contribution in [2.45, 2.75) is 34.2 Å². The van der Waals surface area contributed by atoms with Crippen LogP contribution in [0, 0.1) is 24.0 Å². The highest BCUT2D eigenvalue weighted by molar-refractivity contribution is 5.47. The van der Waals surface area contributed by atoms with Gasteiger partial charge in [-0.1, -0.05) is 11.6 Å². The highest BCUT2D eigenvalue weighted by Crippen LogP contribution is 2.23. The van der Waals surface area contributed by atoms with Crippen molar-refractivity contribution in [2.75, 3.05) is 6.54 Å². The first kappa shape index (κ1) is 14.3. The van der Waals surface area contributed by atoms with Gasteiger partial charge in [0.05, 0.1) is 10.6 Å². The molecule has 1 heterocycles. The third-order valence-corrected chi connectivity index (χ3v) is 2.71. The monoisotopic (exact) mass is 249 g/mol. The minimum absolute atomic E-state index is 0.170. The molecule has 0 amide bonds. The lowest BCUT2D eigenvalue weighted by Gasteiger charge is -2.07. The van der Waals surface area contributed by atoms with Crippen molar-refractivity contribution in [2.24, 2.45) is 0 Å². The molecule has 1 aromatic rings. The Hall–Kier alpha value is -1.75. The van der Waals surface area contributed by atoms with E-state index in [0.717, 1.165) is 12.2 Å². The molecule has 0 saturated carbocycles. The van der Waals surface area contributed by atoms with Gasteiger partial charge in [0.1, 0.15) is 0 Å². The van der Waals surface area contributed by atoms with Crippen molar-refractivity contribution in [3.05, 3.63) is 44.8 Å². The van der Waals surface area contributed by atoms with Crippen LogP contribution in [0.25, 0.3) is 0 Å². The van der Waals surface area contributed by atoms with Crippen LogP contribution in [0.3, 0.4) is 0 Å². The Morgan fingerprint density at radius 3 is 2.72 bits per heavy atom. The van der Waals surface area contributed by atoms with Crippen LogP contribution in [-0.4, -0.2) is 16.5 Å². The van der Waals surface area contributed by atoms with E-state index >= 15 is 0 Å². The summed E-state index contributed by atoms with van der Waals surface area (Å²) in [5.41, 5.74) is 3.38. The summed E-state index contributed by atoms with van der Waals surface area (Å²) in [5, 5.41) is 14.2. The molecule has 0 spiro atoms. The quantitative estimate of drug-likeness (QED) is 0.377. The third kappa shape index (κ3) is 3.63. The largest absolute Gasteiger partial charge is 0.308 e. The molecule has 18 heavy (non-hydrogen) atoms. The summed E-state index contributed by atoms with van der Waals surface area (Å²) < 4.78 is 0. The summed E-state index contributed by atoms with van der Waals surface area (Å²) in [7, 11) is 0. The number of hydrogen-bond acceptors (Lipinski definition) is 4. The Morgan fingerprint density at radius 2 is 2.17 bits per heavy atom. The van der Waals surface area contributed by atoms with Crippen LogP contribution in [0.5, 0.6) is 0 Å². The second kappa shape index (κ2) is 6.26. The Balaban J connectivity index is 2.82. The van der Waals surface area contributed by atoms with E-state index in [4.69, 9.17) is 0 Å². The van der Waals surface area contributed by atoms with Gasteiger partial charge < -0.3 is 5.32 Å². The van der Waals surface area contributed by atoms with Crippen molar-refractivity contribution in [1.29, 1.82) is 0 Å². The van der Waals surface area contributed by atoms with Gasteiger partial charge in [-0.2, -0.15) is 0 Å². The average molecular weight is 249 g/mol. The van der Waals surface area contributed by atoms with Crippen molar-refractivity contribution < 1.29 is 4.92 Å². The van der Waals surface area contributed by atoms with Gasteiger partial charge in [-0.15, -0.1) is 0 Å². The van der Waals surface area contributed by atoms with E-state index in [0.29, 0.717) is 17.7 Å². The minimum atomic E-state index is -0.341. The van der Waals surface area contributed by atoms with Gasteiger partial charge in [0.25, 0.3) is 5.69 Å². The van der Waals surface area contributed by atoms with Crippen LogP contribution >= 0.6 is 0 Å². The molecule has 5 nitrogen and oxygen atoms in total. The van der Waals surface area contributed by atoms with Crippen LogP contribution in [0.2, 0.25) is 0 Å². The molecule has 0 fully saturated rings. The summed E-state index contributed by atoms with van der Waals surface area (Å²) in [6.07, 6.45) is 3.63. The minimum Gasteiger partial charge on any atom is -0.308 e. The summed E-state index contributed by atoms with van der Waals surface area (Å²) >= 11 is 0. The predicted molar refractivity (Wildman–Crippen MR) is 71.5 cm³/mol. The highest BCUT2D eigenvalue weighted by Gasteiger charge is 2.17. The Labute approximate surface area is 107 Å². The molecule has 1 N–H and O–H groups in total. The Kier molecular flexibility index (Phi) is 4.97. The molecule has 0 bridgehead atoms. The molecule has 0 aliphatic carbocycles. The van der Waals surface area contributed by atoms with Gasteiger partial charge in [-0.25, -0.2) is 0 Å². The molecule has 0 unspecified atom stereocenters. The number of pyridine rings is 1. The molecule has 0 radical (unpaired) electrons. The van der Waals surface area contributed by atoms with E-state index in [1.807, 2.05) is 13.8 Å². The first-order chi connectivity index (χ1) is 8.43. The SMILES string of the molecule is CC(C)=CCNCc1ncc(C)c([N+](=O)[O-])c1C. The smallest absolute Gasteiger partial charge is 0.278 e. The van der Waals surface area contributed by atoms with Crippen molar-refractivity contribution in [3.8, 4) is 0 Å². The van der Waals surface area contributed by atoms with E-state index in [9.17, 15) is 10.1 Å². The van der Waals surface area contributed by atoms with Crippen LogP contribution in [0.4, 0.5) is 5.69 Å². The number of rotatable bonds is 5. The summed E-state index contributed by atoms with van der Waals surface area (Å²) in [6, 6.07) is 0. The van der Waals surface area contributed by atoms with Crippen LogP contribution in [0.15, 0.2) is 17.8 Å². The van der Waals surface area contributed by atoms with Gasteiger partial charge >= 0.3 is 0 Å². The maximum Gasteiger partial charge on any atom is 0.278 e. The fourth-order valence-corrected chi connectivity index (χ4v) is 1.69. The zero-order valence-corrected chi connectivity index (χ0v) is 11.3. The summed E-state index contributed by atoms with van der Waals surface area (Å²) in [6.45, 7) is 8.79. The molecular weight excluding hydrogens is 230 g/mol. The van der Waals surface area contributed by atoms with Gasteiger partial charge in [0, 0.05) is 30.4 Å². The molecule has 0 aliphatic rings. The number of aryl methyl sites for hydroxylation is 1. The van der Waals surface area contributed by atoms with E-state index in [2.05, 4.69) is 16.4 Å². The van der Waals surface area contributed by atoms with E-state index in [1.54, 1.807) is 20.0 Å². The maximum absolute atomic E-state index is 11.0. The molecule has 0 aliphatic heterocycles. The van der Waals surface area contributed by atoms with Crippen molar-refractivity contribution in [1.82, 2.24) is 10.3 Å². The average Bonchev–Trinajstić information content (AvgIpc) is 2.26. The normalized spacial score (nSPS) is 10.2. The second-order valence-corrected chi connectivity index (χ2v) is 4.53. The Bertz CT molecular complexity index is 477. The van der Waals surface area contributed by atoms with E-state index in [-0.39, 0.29) is 10.6 Å². The van der Waals surface area contributed by atoms with Crippen molar-refractivity contribution in [3.63, 3.8) is 0 Å². The maximum atomic E-state index is 11.0. The summed E-state index contributed by atoms with van der Waals surface area (Å²) in [4.78, 5) is 14.9. The topological polar surface area (TPSA) is 68.1 Å². The lowest BCUT2D eigenvalue weighted by molar-refractivity contribution is -0.386. The van der Waals surface area contributed by atoms with Crippen LogP contribution < -0.4 is 5.32 Å². The number of aromatic nitrogens is 1. The number of nitro groups is 1. The lowest BCUT2D eigenvalue weighted by atomic mass is 10.1. The van der Waals surface area contributed by atoms with Gasteiger partial charge in [0.2, 0.25) is 0 Å². The predicted octanol–water partition coefficient (Wildman–Crippen LogP) is 2.66. The fourth-order valence-electron chi connectivity index (χ4n) is 1.69. The molecular formula is C13H19N3O2. The molecule has 1 rings (SSSR count). The standard InChI is InChI=1S/C13H19N3O2/c1-9(2)5-6-14-8-12-11(4)13(16(17)18)10(3)7-15-12/h5,7,14H,6,8H2,1-4H3.